The maximum atomic E-state index is 11.0. The molecule has 1 aliphatic heterocycles. The van der Waals surface area contributed by atoms with E-state index in [9.17, 15) is 14.4 Å². The minimum Gasteiger partial charge on any atom is -0.460 e. The van der Waals surface area contributed by atoms with Crippen LogP contribution >= 0.6 is 0 Å². The Bertz CT molecular complexity index is 341. The van der Waals surface area contributed by atoms with E-state index in [-0.39, 0.29) is 0 Å². The first-order chi connectivity index (χ1) is 8.79. The van der Waals surface area contributed by atoms with Gasteiger partial charge in [0, 0.05) is 27.2 Å². The van der Waals surface area contributed by atoms with Gasteiger partial charge in [0.2, 0.25) is 6.29 Å². The van der Waals surface area contributed by atoms with Crippen LogP contribution in [0.1, 0.15) is 34.1 Å². The van der Waals surface area contributed by atoms with E-state index in [1.54, 1.807) is 6.92 Å². The van der Waals surface area contributed by atoms with E-state index in [4.69, 9.17) is 18.9 Å². The minimum absolute atomic E-state index is 0.298. The molecule has 7 nitrogen and oxygen atoms in total. The fourth-order valence-electron chi connectivity index (χ4n) is 1.88. The second kappa shape index (κ2) is 6.51. The lowest BCUT2D eigenvalue weighted by molar-refractivity contribution is -0.200. The largest absolute Gasteiger partial charge is 0.460 e. The van der Waals surface area contributed by atoms with Crippen molar-refractivity contribution in [1.82, 2.24) is 0 Å². The Kier molecular flexibility index (Phi) is 5.29. The number of rotatable bonds is 4. The predicted octanol–water partition coefficient (Wildman–Crippen LogP) is 0.548. The Balaban J connectivity index is 2.66. The van der Waals surface area contributed by atoms with Crippen LogP contribution in [-0.2, 0) is 33.3 Å². The molecule has 1 rings (SSSR count). The molecule has 0 saturated carbocycles. The minimum atomic E-state index is -0.968. The summed E-state index contributed by atoms with van der Waals surface area (Å²) in [5.41, 5.74) is 0. The van der Waals surface area contributed by atoms with Gasteiger partial charge in [0.1, 0.15) is 12.2 Å². The lowest BCUT2D eigenvalue weighted by Gasteiger charge is -2.19. The van der Waals surface area contributed by atoms with Crippen molar-refractivity contribution in [2.45, 2.75) is 58.7 Å². The van der Waals surface area contributed by atoms with E-state index in [0.717, 1.165) is 0 Å². The first-order valence-electron chi connectivity index (χ1n) is 5.96. The van der Waals surface area contributed by atoms with Crippen molar-refractivity contribution in [3.05, 3.63) is 0 Å². The Labute approximate surface area is 111 Å². The summed E-state index contributed by atoms with van der Waals surface area (Å²) in [5.74, 6) is -1.47. The van der Waals surface area contributed by atoms with E-state index in [1.807, 2.05) is 0 Å². The zero-order chi connectivity index (χ0) is 14.6. The Morgan fingerprint density at radius 1 is 1.05 bits per heavy atom. The molecule has 108 valence electrons. The average molecular weight is 274 g/mol. The van der Waals surface area contributed by atoms with Gasteiger partial charge in [-0.3, -0.25) is 14.4 Å². The van der Waals surface area contributed by atoms with Crippen LogP contribution in [0, 0.1) is 0 Å². The predicted molar refractivity (Wildman–Crippen MR) is 61.8 cm³/mol. The molecule has 0 aliphatic carbocycles. The van der Waals surface area contributed by atoms with Crippen LogP contribution in [0.25, 0.3) is 0 Å². The molecule has 0 aromatic rings. The summed E-state index contributed by atoms with van der Waals surface area (Å²) < 4.78 is 20.4. The Hall–Kier alpha value is -1.63. The highest BCUT2D eigenvalue weighted by molar-refractivity contribution is 5.67. The third kappa shape index (κ3) is 4.86. The fraction of sp³-hybridized carbons (Fsp3) is 0.750. The summed E-state index contributed by atoms with van der Waals surface area (Å²) in [7, 11) is 0. The van der Waals surface area contributed by atoms with Crippen molar-refractivity contribution in [2.75, 3.05) is 0 Å². The van der Waals surface area contributed by atoms with Crippen LogP contribution < -0.4 is 0 Å². The molecule has 1 saturated heterocycles. The van der Waals surface area contributed by atoms with Gasteiger partial charge in [0.25, 0.3) is 0 Å². The number of ether oxygens (including phenoxy) is 4. The third-order valence-electron chi connectivity index (χ3n) is 2.55. The van der Waals surface area contributed by atoms with Crippen molar-refractivity contribution in [1.29, 1.82) is 0 Å². The zero-order valence-corrected chi connectivity index (χ0v) is 11.4. The smallest absolute Gasteiger partial charge is 0.305 e. The molecule has 1 unspecified atom stereocenters. The van der Waals surface area contributed by atoms with Crippen LogP contribution in [-0.4, -0.2) is 42.5 Å². The molecule has 1 aliphatic rings. The number of hydrogen-bond donors (Lipinski definition) is 0. The summed E-state index contributed by atoms with van der Waals surface area (Å²) in [6, 6.07) is 0. The second-order valence-corrected chi connectivity index (χ2v) is 4.35. The molecule has 0 radical (unpaired) electrons. The highest BCUT2D eigenvalue weighted by atomic mass is 16.7. The molecular weight excluding hydrogens is 256 g/mol. The van der Waals surface area contributed by atoms with Crippen molar-refractivity contribution in [2.24, 2.45) is 0 Å². The van der Waals surface area contributed by atoms with Gasteiger partial charge in [-0.15, -0.1) is 0 Å². The van der Waals surface area contributed by atoms with Gasteiger partial charge in [0.05, 0.1) is 0 Å². The summed E-state index contributed by atoms with van der Waals surface area (Å²) in [5, 5.41) is 0. The maximum absolute atomic E-state index is 11.0. The molecule has 0 aromatic heterocycles. The highest BCUT2D eigenvalue weighted by Crippen LogP contribution is 2.27. The van der Waals surface area contributed by atoms with Gasteiger partial charge < -0.3 is 18.9 Å². The van der Waals surface area contributed by atoms with Gasteiger partial charge in [-0.25, -0.2) is 0 Å². The van der Waals surface area contributed by atoms with E-state index < -0.39 is 42.5 Å². The van der Waals surface area contributed by atoms with Crippen molar-refractivity contribution in [3.63, 3.8) is 0 Å². The molecule has 7 heteroatoms. The SMILES string of the molecule is CC(=O)OC1O[C@H]([C@H](C)OC(C)=O)C[C@H]1OC(C)=O. The zero-order valence-electron chi connectivity index (χ0n) is 11.4. The lowest BCUT2D eigenvalue weighted by atomic mass is 10.1. The van der Waals surface area contributed by atoms with Crippen LogP contribution in [0.5, 0.6) is 0 Å². The molecule has 0 amide bonds. The Morgan fingerprint density at radius 3 is 2.11 bits per heavy atom. The first-order valence-corrected chi connectivity index (χ1v) is 5.96. The van der Waals surface area contributed by atoms with Crippen LogP contribution in [0.3, 0.4) is 0 Å². The molecular formula is C12H18O7. The van der Waals surface area contributed by atoms with Gasteiger partial charge in [-0.1, -0.05) is 0 Å². The molecule has 0 aromatic carbocycles. The number of carbonyl (C=O) groups is 3. The van der Waals surface area contributed by atoms with Crippen LogP contribution in [0.2, 0.25) is 0 Å². The molecule has 1 fully saturated rings. The molecule has 0 bridgehead atoms. The monoisotopic (exact) mass is 274 g/mol. The molecule has 0 N–H and O–H groups in total. The van der Waals surface area contributed by atoms with Crippen molar-refractivity contribution < 1.29 is 33.3 Å². The number of esters is 3. The molecule has 19 heavy (non-hydrogen) atoms. The maximum Gasteiger partial charge on any atom is 0.305 e. The highest BCUT2D eigenvalue weighted by Gasteiger charge is 2.42. The summed E-state index contributed by atoms with van der Waals surface area (Å²) in [4.78, 5) is 32.8. The van der Waals surface area contributed by atoms with E-state index >= 15 is 0 Å². The molecule has 0 spiro atoms. The van der Waals surface area contributed by atoms with Crippen LogP contribution in [0.15, 0.2) is 0 Å². The van der Waals surface area contributed by atoms with Crippen LogP contribution in [0.4, 0.5) is 0 Å². The Morgan fingerprint density at radius 2 is 1.63 bits per heavy atom. The summed E-state index contributed by atoms with van der Waals surface area (Å²) >= 11 is 0. The number of carbonyl (C=O) groups excluding carboxylic acids is 3. The average Bonchev–Trinajstić information content (AvgIpc) is 2.58. The van der Waals surface area contributed by atoms with E-state index in [1.165, 1.54) is 20.8 Å². The summed E-state index contributed by atoms with van der Waals surface area (Å²) in [6.07, 6.45) is -2.37. The standard InChI is InChI=1S/C12H18O7/c1-6(16-7(2)13)10-5-11(17-8(3)14)12(19-10)18-9(4)15/h6,10-12H,5H2,1-4H3/t6-,10-,11+,12?/m0/s1. The molecule has 4 atom stereocenters. The molecule has 1 heterocycles. The van der Waals surface area contributed by atoms with Crippen molar-refractivity contribution in [3.8, 4) is 0 Å². The second-order valence-electron chi connectivity index (χ2n) is 4.35. The normalized spacial score (nSPS) is 27.5. The summed E-state index contributed by atoms with van der Waals surface area (Å²) in [6.45, 7) is 5.44. The van der Waals surface area contributed by atoms with E-state index in [2.05, 4.69) is 0 Å². The van der Waals surface area contributed by atoms with Crippen molar-refractivity contribution >= 4 is 17.9 Å². The third-order valence-corrected chi connectivity index (χ3v) is 2.55. The van der Waals surface area contributed by atoms with Gasteiger partial charge in [0.15, 0.2) is 6.10 Å². The topological polar surface area (TPSA) is 88.1 Å². The quantitative estimate of drug-likeness (QED) is 0.546. The number of hydrogen-bond acceptors (Lipinski definition) is 7. The van der Waals surface area contributed by atoms with Gasteiger partial charge in [-0.2, -0.15) is 0 Å². The van der Waals surface area contributed by atoms with Gasteiger partial charge >= 0.3 is 17.9 Å². The van der Waals surface area contributed by atoms with Gasteiger partial charge in [-0.05, 0) is 6.92 Å². The van der Waals surface area contributed by atoms with E-state index in [0.29, 0.717) is 6.42 Å². The lowest BCUT2D eigenvalue weighted by Crippen LogP contribution is -2.30. The first kappa shape index (κ1) is 15.4. The fourth-order valence-corrected chi connectivity index (χ4v) is 1.88.